The molecular formula is C14H20N2O. The SMILES string of the molecule is CCCC(CCC)c1nc2cc(N)ccc2o1. The minimum Gasteiger partial charge on any atom is -0.440 e. The first-order chi connectivity index (χ1) is 8.24. The average molecular weight is 232 g/mol. The van der Waals surface area contributed by atoms with Crippen molar-refractivity contribution in [2.45, 2.75) is 45.4 Å². The Kier molecular flexibility index (Phi) is 3.67. The van der Waals surface area contributed by atoms with Crippen LogP contribution in [0, 0.1) is 0 Å². The van der Waals surface area contributed by atoms with Crippen LogP contribution in [0.15, 0.2) is 22.6 Å². The van der Waals surface area contributed by atoms with Crippen molar-refractivity contribution >= 4 is 16.8 Å². The number of fused-ring (bicyclic) bond motifs is 1. The summed E-state index contributed by atoms with van der Waals surface area (Å²) < 4.78 is 5.82. The fourth-order valence-corrected chi connectivity index (χ4v) is 2.23. The number of nitrogen functional groups attached to an aromatic ring is 1. The summed E-state index contributed by atoms with van der Waals surface area (Å²) in [6.45, 7) is 4.40. The van der Waals surface area contributed by atoms with Gasteiger partial charge in [-0.05, 0) is 31.0 Å². The molecule has 92 valence electrons. The van der Waals surface area contributed by atoms with E-state index in [-0.39, 0.29) is 0 Å². The Labute approximate surface area is 102 Å². The number of nitrogens with two attached hydrogens (primary N) is 1. The monoisotopic (exact) mass is 232 g/mol. The standard InChI is InChI=1S/C14H20N2O/c1-3-5-10(6-4-2)14-16-12-9-11(15)7-8-13(12)17-14/h7-10H,3-6,15H2,1-2H3. The maximum Gasteiger partial charge on any atom is 0.198 e. The fourth-order valence-electron chi connectivity index (χ4n) is 2.23. The van der Waals surface area contributed by atoms with E-state index in [1.54, 1.807) is 0 Å². The Bertz CT molecular complexity index is 484. The van der Waals surface area contributed by atoms with E-state index in [0.29, 0.717) is 5.92 Å². The largest absolute Gasteiger partial charge is 0.440 e. The van der Waals surface area contributed by atoms with Crippen LogP contribution in [0.5, 0.6) is 0 Å². The molecule has 0 unspecified atom stereocenters. The highest BCUT2D eigenvalue weighted by molar-refractivity contribution is 5.76. The topological polar surface area (TPSA) is 52.0 Å². The van der Waals surface area contributed by atoms with Crippen LogP contribution in [0.4, 0.5) is 5.69 Å². The molecular weight excluding hydrogens is 212 g/mol. The molecule has 1 aromatic carbocycles. The van der Waals surface area contributed by atoms with Crippen molar-refractivity contribution in [3.8, 4) is 0 Å². The van der Waals surface area contributed by atoms with Crippen molar-refractivity contribution < 1.29 is 4.42 Å². The maximum atomic E-state index is 5.82. The third kappa shape index (κ3) is 2.60. The molecule has 0 spiro atoms. The second-order valence-corrected chi connectivity index (χ2v) is 4.55. The minimum atomic E-state index is 0.443. The molecule has 0 saturated heterocycles. The molecule has 3 heteroatoms. The van der Waals surface area contributed by atoms with Crippen molar-refractivity contribution in [3.05, 3.63) is 24.1 Å². The Hall–Kier alpha value is -1.51. The van der Waals surface area contributed by atoms with Gasteiger partial charge in [0.1, 0.15) is 5.52 Å². The summed E-state index contributed by atoms with van der Waals surface area (Å²) in [5.41, 5.74) is 8.19. The second kappa shape index (κ2) is 5.21. The van der Waals surface area contributed by atoms with Crippen LogP contribution in [-0.4, -0.2) is 4.98 Å². The van der Waals surface area contributed by atoms with Crippen molar-refractivity contribution in [2.75, 3.05) is 5.73 Å². The summed E-state index contributed by atoms with van der Waals surface area (Å²) in [6, 6.07) is 5.62. The van der Waals surface area contributed by atoms with Gasteiger partial charge in [-0.15, -0.1) is 0 Å². The van der Waals surface area contributed by atoms with Crippen LogP contribution < -0.4 is 5.73 Å². The lowest BCUT2D eigenvalue weighted by Crippen LogP contribution is -1.98. The lowest BCUT2D eigenvalue weighted by molar-refractivity contribution is 0.428. The summed E-state index contributed by atoms with van der Waals surface area (Å²) in [7, 11) is 0. The van der Waals surface area contributed by atoms with Gasteiger partial charge in [0, 0.05) is 11.6 Å². The van der Waals surface area contributed by atoms with E-state index < -0.39 is 0 Å². The number of aromatic nitrogens is 1. The van der Waals surface area contributed by atoms with Gasteiger partial charge in [-0.25, -0.2) is 4.98 Å². The number of oxazole rings is 1. The highest BCUT2D eigenvalue weighted by atomic mass is 16.3. The van der Waals surface area contributed by atoms with Crippen LogP contribution >= 0.6 is 0 Å². The maximum absolute atomic E-state index is 5.82. The number of hydrogen-bond acceptors (Lipinski definition) is 3. The van der Waals surface area contributed by atoms with Gasteiger partial charge < -0.3 is 10.2 Å². The van der Waals surface area contributed by atoms with Gasteiger partial charge >= 0.3 is 0 Å². The molecule has 0 aliphatic carbocycles. The third-order valence-corrected chi connectivity index (χ3v) is 3.05. The summed E-state index contributed by atoms with van der Waals surface area (Å²) in [5.74, 6) is 1.31. The van der Waals surface area contributed by atoms with Gasteiger partial charge in [0.05, 0.1) is 0 Å². The zero-order chi connectivity index (χ0) is 12.3. The van der Waals surface area contributed by atoms with Gasteiger partial charge in [0.2, 0.25) is 0 Å². The summed E-state index contributed by atoms with van der Waals surface area (Å²) in [6.07, 6.45) is 4.59. The molecule has 0 fully saturated rings. The summed E-state index contributed by atoms with van der Waals surface area (Å²) >= 11 is 0. The molecule has 1 heterocycles. The van der Waals surface area contributed by atoms with Crippen molar-refractivity contribution in [2.24, 2.45) is 0 Å². The van der Waals surface area contributed by atoms with Crippen molar-refractivity contribution in [3.63, 3.8) is 0 Å². The zero-order valence-electron chi connectivity index (χ0n) is 10.6. The van der Waals surface area contributed by atoms with Gasteiger partial charge in [0.25, 0.3) is 0 Å². The number of benzene rings is 1. The predicted molar refractivity (Wildman–Crippen MR) is 71.0 cm³/mol. The summed E-state index contributed by atoms with van der Waals surface area (Å²) in [4.78, 5) is 4.56. The Balaban J connectivity index is 2.33. The normalized spacial score (nSPS) is 11.5. The van der Waals surface area contributed by atoms with Gasteiger partial charge in [-0.2, -0.15) is 0 Å². The number of anilines is 1. The average Bonchev–Trinajstić information content (AvgIpc) is 2.71. The van der Waals surface area contributed by atoms with E-state index in [9.17, 15) is 0 Å². The van der Waals surface area contributed by atoms with Crippen LogP contribution in [0.1, 0.15) is 51.3 Å². The molecule has 17 heavy (non-hydrogen) atoms. The molecule has 1 aromatic heterocycles. The highest BCUT2D eigenvalue weighted by Gasteiger charge is 2.16. The van der Waals surface area contributed by atoms with Gasteiger partial charge in [0.15, 0.2) is 11.5 Å². The number of nitrogens with zero attached hydrogens (tertiary/aromatic N) is 1. The molecule has 0 aliphatic rings. The third-order valence-electron chi connectivity index (χ3n) is 3.05. The van der Waals surface area contributed by atoms with E-state index >= 15 is 0 Å². The van der Waals surface area contributed by atoms with Gasteiger partial charge in [-0.1, -0.05) is 26.7 Å². The molecule has 0 atom stereocenters. The molecule has 2 rings (SSSR count). The number of hydrogen-bond donors (Lipinski definition) is 1. The quantitative estimate of drug-likeness (QED) is 0.790. The van der Waals surface area contributed by atoms with E-state index in [2.05, 4.69) is 18.8 Å². The van der Waals surface area contributed by atoms with E-state index in [0.717, 1.165) is 48.4 Å². The van der Waals surface area contributed by atoms with Gasteiger partial charge in [-0.3, -0.25) is 0 Å². The Morgan fingerprint density at radius 3 is 2.59 bits per heavy atom. The molecule has 0 saturated carbocycles. The lowest BCUT2D eigenvalue weighted by atomic mass is 9.98. The molecule has 0 radical (unpaired) electrons. The molecule has 0 amide bonds. The fraction of sp³-hybridized carbons (Fsp3) is 0.500. The molecule has 3 nitrogen and oxygen atoms in total. The molecule has 2 N–H and O–H groups in total. The zero-order valence-corrected chi connectivity index (χ0v) is 10.6. The second-order valence-electron chi connectivity index (χ2n) is 4.55. The van der Waals surface area contributed by atoms with Crippen molar-refractivity contribution in [1.82, 2.24) is 4.98 Å². The van der Waals surface area contributed by atoms with Crippen LogP contribution in [0.25, 0.3) is 11.1 Å². The van der Waals surface area contributed by atoms with E-state index in [4.69, 9.17) is 10.2 Å². The smallest absolute Gasteiger partial charge is 0.198 e. The molecule has 0 bridgehead atoms. The molecule has 2 aromatic rings. The minimum absolute atomic E-state index is 0.443. The lowest BCUT2D eigenvalue weighted by Gasteiger charge is -2.09. The molecule has 0 aliphatic heterocycles. The number of rotatable bonds is 5. The Morgan fingerprint density at radius 1 is 1.24 bits per heavy atom. The predicted octanol–water partition coefficient (Wildman–Crippen LogP) is 4.09. The Morgan fingerprint density at radius 2 is 1.94 bits per heavy atom. The summed E-state index contributed by atoms with van der Waals surface area (Å²) in [5, 5.41) is 0. The van der Waals surface area contributed by atoms with Crippen LogP contribution in [0.3, 0.4) is 0 Å². The van der Waals surface area contributed by atoms with Crippen LogP contribution in [-0.2, 0) is 0 Å². The van der Waals surface area contributed by atoms with E-state index in [1.165, 1.54) is 0 Å². The first-order valence-electron chi connectivity index (χ1n) is 6.40. The highest BCUT2D eigenvalue weighted by Crippen LogP contribution is 2.29. The first-order valence-corrected chi connectivity index (χ1v) is 6.40. The van der Waals surface area contributed by atoms with Crippen LogP contribution in [0.2, 0.25) is 0 Å². The van der Waals surface area contributed by atoms with E-state index in [1.807, 2.05) is 18.2 Å². The van der Waals surface area contributed by atoms with Crippen molar-refractivity contribution in [1.29, 1.82) is 0 Å². The first kappa shape index (κ1) is 12.0.